The average Bonchev–Trinajstić information content (AvgIpc) is 2.86. The molecule has 0 saturated carbocycles. The smallest absolute Gasteiger partial charge is 0.335 e. The van der Waals surface area contributed by atoms with Gasteiger partial charge in [-0.15, -0.1) is 12.4 Å². The molecule has 3 nitrogen and oxygen atoms in total. The summed E-state index contributed by atoms with van der Waals surface area (Å²) in [5, 5.41) is 15.6. The third-order valence-corrected chi connectivity index (χ3v) is 7.13. The number of aromatic carboxylic acids is 1. The van der Waals surface area contributed by atoms with Crippen molar-refractivity contribution in [2.75, 3.05) is 6.54 Å². The second-order valence-corrected chi connectivity index (χ2v) is 9.30. The van der Waals surface area contributed by atoms with Gasteiger partial charge in [-0.05, 0) is 83.5 Å². The Hall–Kier alpha value is -3.21. The lowest BCUT2D eigenvalue weighted by molar-refractivity contribution is 0.0696. The second kappa shape index (κ2) is 10.6. The molecule has 0 heterocycles. The van der Waals surface area contributed by atoms with Crippen molar-refractivity contribution in [3.05, 3.63) is 119 Å². The minimum atomic E-state index is -1.03. The molecule has 3 atom stereocenters. The van der Waals surface area contributed by atoms with Gasteiger partial charge in [0.2, 0.25) is 0 Å². The van der Waals surface area contributed by atoms with Gasteiger partial charge in [-0.2, -0.15) is 0 Å². The van der Waals surface area contributed by atoms with Gasteiger partial charge in [0.25, 0.3) is 0 Å². The van der Waals surface area contributed by atoms with E-state index in [1.807, 2.05) is 12.1 Å². The molecule has 5 heteroatoms. The van der Waals surface area contributed by atoms with Gasteiger partial charge in [0.15, 0.2) is 0 Å². The van der Waals surface area contributed by atoms with E-state index in [2.05, 4.69) is 66.8 Å². The molecule has 1 aliphatic carbocycles. The SMILES string of the molecule is C[C@@H](NCC1Cc2ccccc2C(c2cc(C(=O)O)ccc2F)C1)c1cccc2ccccc12.Cl. The number of fused-ring (bicyclic) bond motifs is 2. The van der Waals surface area contributed by atoms with Gasteiger partial charge < -0.3 is 10.4 Å². The molecule has 0 radical (unpaired) electrons. The van der Waals surface area contributed by atoms with Crippen molar-refractivity contribution >= 4 is 29.1 Å². The maximum Gasteiger partial charge on any atom is 0.335 e. The predicted octanol–water partition coefficient (Wildman–Crippen LogP) is 7.14. The third kappa shape index (κ3) is 5.09. The van der Waals surface area contributed by atoms with Crippen molar-refractivity contribution < 1.29 is 14.3 Å². The summed E-state index contributed by atoms with van der Waals surface area (Å²) in [6.07, 6.45) is 1.69. The first kappa shape index (κ1) is 24.9. The van der Waals surface area contributed by atoms with E-state index in [0.29, 0.717) is 11.5 Å². The molecule has 2 unspecified atom stereocenters. The van der Waals surface area contributed by atoms with Crippen molar-refractivity contribution in [3.63, 3.8) is 0 Å². The highest BCUT2D eigenvalue weighted by molar-refractivity contribution is 5.88. The highest BCUT2D eigenvalue weighted by Crippen LogP contribution is 2.40. The standard InChI is InChI=1S/C30H28FNO2.ClH/c1-19(24-12-6-9-21-7-2-4-10-25(21)24)32-18-20-15-22-8-3-5-11-26(22)27(16-20)28-17-23(30(33)34)13-14-29(28)31;/h2-14,17,19-20,27,32H,15-16,18H2,1H3,(H,33,34);1H/t19-,20?,27?;/m1./s1. The minimum Gasteiger partial charge on any atom is -0.478 e. The first-order valence-electron chi connectivity index (χ1n) is 11.8. The van der Waals surface area contributed by atoms with Crippen LogP contribution in [0.2, 0.25) is 0 Å². The Morgan fingerprint density at radius 1 is 1.00 bits per heavy atom. The maximum atomic E-state index is 14.9. The minimum absolute atomic E-state index is 0. The van der Waals surface area contributed by atoms with Crippen LogP contribution in [0.25, 0.3) is 10.8 Å². The first-order chi connectivity index (χ1) is 16.5. The van der Waals surface area contributed by atoms with Crippen LogP contribution in [0.5, 0.6) is 0 Å². The molecule has 4 aromatic carbocycles. The first-order valence-corrected chi connectivity index (χ1v) is 11.8. The normalized spacial score (nSPS) is 17.9. The van der Waals surface area contributed by atoms with Crippen LogP contribution in [-0.2, 0) is 6.42 Å². The number of halogens is 2. The molecule has 5 rings (SSSR count). The monoisotopic (exact) mass is 489 g/mol. The van der Waals surface area contributed by atoms with E-state index >= 15 is 0 Å². The molecule has 180 valence electrons. The Bertz CT molecular complexity index is 1350. The molecule has 0 fully saturated rings. The van der Waals surface area contributed by atoms with Crippen LogP contribution in [-0.4, -0.2) is 17.6 Å². The van der Waals surface area contributed by atoms with E-state index in [0.717, 1.165) is 24.9 Å². The fourth-order valence-electron chi connectivity index (χ4n) is 5.39. The maximum absolute atomic E-state index is 14.9. The number of carboxylic acids is 1. The summed E-state index contributed by atoms with van der Waals surface area (Å²) in [5.74, 6) is -1.23. The molecule has 0 aromatic heterocycles. The summed E-state index contributed by atoms with van der Waals surface area (Å²) < 4.78 is 14.9. The van der Waals surface area contributed by atoms with Crippen molar-refractivity contribution in [1.29, 1.82) is 0 Å². The molecule has 0 saturated heterocycles. The van der Waals surface area contributed by atoms with Crippen LogP contribution in [0.4, 0.5) is 4.39 Å². The zero-order chi connectivity index (χ0) is 23.7. The van der Waals surface area contributed by atoms with Crippen LogP contribution < -0.4 is 5.32 Å². The molecule has 0 aliphatic heterocycles. The van der Waals surface area contributed by atoms with E-state index in [9.17, 15) is 14.3 Å². The van der Waals surface area contributed by atoms with Gasteiger partial charge in [0.1, 0.15) is 5.82 Å². The summed E-state index contributed by atoms with van der Waals surface area (Å²) in [5.41, 5.74) is 4.18. The molecule has 0 spiro atoms. The third-order valence-electron chi connectivity index (χ3n) is 7.13. The summed E-state index contributed by atoms with van der Waals surface area (Å²) in [6.45, 7) is 2.99. The van der Waals surface area contributed by atoms with Crippen LogP contribution in [0.1, 0.15) is 57.9 Å². The lowest BCUT2D eigenvalue weighted by Gasteiger charge is -2.33. The van der Waals surface area contributed by atoms with Gasteiger partial charge in [-0.25, -0.2) is 9.18 Å². The zero-order valence-electron chi connectivity index (χ0n) is 19.6. The largest absolute Gasteiger partial charge is 0.478 e. The Kier molecular flexibility index (Phi) is 7.54. The summed E-state index contributed by atoms with van der Waals surface area (Å²) in [4.78, 5) is 11.5. The van der Waals surface area contributed by atoms with E-state index < -0.39 is 5.97 Å². The van der Waals surface area contributed by atoms with Crippen LogP contribution >= 0.6 is 12.4 Å². The van der Waals surface area contributed by atoms with Crippen molar-refractivity contribution in [3.8, 4) is 0 Å². The van der Waals surface area contributed by atoms with E-state index in [1.54, 1.807) is 0 Å². The van der Waals surface area contributed by atoms with Crippen molar-refractivity contribution in [2.45, 2.75) is 31.7 Å². The molecule has 0 amide bonds. The number of nitrogens with one attached hydrogen (secondary N) is 1. The Morgan fingerprint density at radius 3 is 2.57 bits per heavy atom. The molecule has 35 heavy (non-hydrogen) atoms. The highest BCUT2D eigenvalue weighted by atomic mass is 35.5. The van der Waals surface area contributed by atoms with Gasteiger partial charge in [-0.3, -0.25) is 0 Å². The Morgan fingerprint density at radius 2 is 1.74 bits per heavy atom. The van der Waals surface area contributed by atoms with Crippen LogP contribution in [0.3, 0.4) is 0 Å². The number of rotatable bonds is 6. The molecule has 0 bridgehead atoms. The van der Waals surface area contributed by atoms with Gasteiger partial charge in [0.05, 0.1) is 5.56 Å². The zero-order valence-corrected chi connectivity index (χ0v) is 20.4. The summed E-state index contributed by atoms with van der Waals surface area (Å²) in [6, 6.07) is 27.3. The number of carbonyl (C=O) groups is 1. The number of hydrogen-bond acceptors (Lipinski definition) is 2. The lowest BCUT2D eigenvalue weighted by Crippen LogP contribution is -2.31. The molecular formula is C30H29ClFNO2. The molecule has 1 aliphatic rings. The van der Waals surface area contributed by atoms with E-state index in [-0.39, 0.29) is 35.7 Å². The van der Waals surface area contributed by atoms with Gasteiger partial charge in [0, 0.05) is 12.0 Å². The Balaban J connectivity index is 0.00000289. The summed E-state index contributed by atoms with van der Waals surface area (Å²) >= 11 is 0. The second-order valence-electron chi connectivity index (χ2n) is 9.30. The van der Waals surface area contributed by atoms with Crippen molar-refractivity contribution in [2.24, 2.45) is 5.92 Å². The predicted molar refractivity (Wildman–Crippen MR) is 141 cm³/mol. The van der Waals surface area contributed by atoms with E-state index in [1.165, 1.54) is 40.1 Å². The van der Waals surface area contributed by atoms with Gasteiger partial charge in [-0.1, -0.05) is 66.7 Å². The fourth-order valence-corrected chi connectivity index (χ4v) is 5.39. The topological polar surface area (TPSA) is 49.3 Å². The van der Waals surface area contributed by atoms with Crippen LogP contribution in [0.15, 0.2) is 84.9 Å². The van der Waals surface area contributed by atoms with Crippen molar-refractivity contribution in [1.82, 2.24) is 5.32 Å². The molecule has 2 N–H and O–H groups in total. The van der Waals surface area contributed by atoms with Crippen LogP contribution in [0, 0.1) is 11.7 Å². The molecular weight excluding hydrogens is 461 g/mol. The number of hydrogen-bond donors (Lipinski definition) is 2. The highest BCUT2D eigenvalue weighted by Gasteiger charge is 2.30. The lowest BCUT2D eigenvalue weighted by atomic mass is 9.73. The summed E-state index contributed by atoms with van der Waals surface area (Å²) in [7, 11) is 0. The Labute approximate surface area is 211 Å². The van der Waals surface area contributed by atoms with E-state index in [4.69, 9.17) is 0 Å². The number of benzene rings is 4. The van der Waals surface area contributed by atoms with Gasteiger partial charge >= 0.3 is 5.97 Å². The quantitative estimate of drug-likeness (QED) is 0.302. The number of carboxylic acid groups (broad SMARTS) is 1. The average molecular weight is 490 g/mol. The fraction of sp³-hybridized carbons (Fsp3) is 0.233. The molecule has 4 aromatic rings.